The molecule has 0 saturated carbocycles. The fraction of sp³-hybridized carbons (Fsp3) is 0.286. The molecule has 0 radical (unpaired) electrons. The maximum atomic E-state index is 13.0. The monoisotopic (exact) mass is 278 g/mol. The van der Waals surface area contributed by atoms with Gasteiger partial charge in [-0.25, -0.2) is 14.4 Å². The molecule has 19 heavy (non-hydrogen) atoms. The number of hydrogen-bond acceptors (Lipinski definition) is 4. The van der Waals surface area contributed by atoms with Gasteiger partial charge in [0.25, 0.3) is 0 Å². The summed E-state index contributed by atoms with van der Waals surface area (Å²) < 4.78 is 13.0. The number of aliphatic hydroxyl groups is 1. The lowest BCUT2D eigenvalue weighted by atomic mass is 10.1. The Morgan fingerprint density at radius 2 is 2.21 bits per heavy atom. The second kappa shape index (κ2) is 6.12. The van der Waals surface area contributed by atoms with Crippen molar-refractivity contribution in [1.29, 1.82) is 0 Å². The van der Waals surface area contributed by atoms with Gasteiger partial charge >= 0.3 is 0 Å². The fourth-order valence-corrected chi connectivity index (χ4v) is 2.51. The molecule has 1 aromatic carbocycles. The highest BCUT2D eigenvalue weighted by Gasteiger charge is 2.08. The van der Waals surface area contributed by atoms with Crippen molar-refractivity contribution in [2.75, 3.05) is 0 Å². The number of rotatable bonds is 4. The molecule has 5 heteroatoms. The number of thioether (sulfide) groups is 1. The molecule has 2 rings (SSSR count). The van der Waals surface area contributed by atoms with Crippen molar-refractivity contribution < 1.29 is 9.50 Å². The van der Waals surface area contributed by atoms with Gasteiger partial charge < -0.3 is 5.11 Å². The Balaban J connectivity index is 2.06. The molecule has 1 N–H and O–H groups in total. The summed E-state index contributed by atoms with van der Waals surface area (Å²) in [4.78, 5) is 9.41. The molecule has 0 bridgehead atoms. The first-order chi connectivity index (χ1) is 9.06. The standard InChI is InChI=1S/C14H15FN2OS/c1-9-13(10(2)18)7-16-14(17-9)8-19-12-5-3-4-11(15)6-12/h3-7,10,18H,8H2,1-2H3. The van der Waals surface area contributed by atoms with Crippen molar-refractivity contribution in [2.24, 2.45) is 0 Å². The van der Waals surface area contributed by atoms with E-state index in [-0.39, 0.29) is 5.82 Å². The van der Waals surface area contributed by atoms with Gasteiger partial charge in [-0.15, -0.1) is 11.8 Å². The third-order valence-electron chi connectivity index (χ3n) is 2.68. The maximum absolute atomic E-state index is 13.0. The van der Waals surface area contributed by atoms with Crippen molar-refractivity contribution in [3.8, 4) is 0 Å². The van der Waals surface area contributed by atoms with E-state index in [1.807, 2.05) is 13.0 Å². The van der Waals surface area contributed by atoms with Crippen LogP contribution in [0.15, 0.2) is 35.4 Å². The molecule has 1 unspecified atom stereocenters. The smallest absolute Gasteiger partial charge is 0.138 e. The third kappa shape index (κ3) is 3.75. The first-order valence-electron chi connectivity index (χ1n) is 5.95. The van der Waals surface area contributed by atoms with Crippen LogP contribution >= 0.6 is 11.8 Å². The SMILES string of the molecule is Cc1nc(CSc2cccc(F)c2)ncc1C(C)O. The van der Waals surface area contributed by atoms with Gasteiger partial charge in [-0.2, -0.15) is 0 Å². The average Bonchev–Trinajstić information content (AvgIpc) is 2.36. The fourth-order valence-electron chi connectivity index (χ4n) is 1.71. The van der Waals surface area contributed by atoms with Crippen LogP contribution in [0.4, 0.5) is 4.39 Å². The van der Waals surface area contributed by atoms with Crippen molar-refractivity contribution in [2.45, 2.75) is 30.6 Å². The number of aromatic nitrogens is 2. The second-order valence-electron chi connectivity index (χ2n) is 4.25. The number of aryl methyl sites for hydroxylation is 1. The molecular weight excluding hydrogens is 263 g/mol. The Morgan fingerprint density at radius 3 is 2.84 bits per heavy atom. The lowest BCUT2D eigenvalue weighted by Gasteiger charge is -2.08. The molecule has 0 fully saturated rings. The van der Waals surface area contributed by atoms with Crippen LogP contribution in [0.25, 0.3) is 0 Å². The molecule has 0 aliphatic carbocycles. The molecule has 1 aromatic heterocycles. The summed E-state index contributed by atoms with van der Waals surface area (Å²) >= 11 is 1.48. The van der Waals surface area contributed by atoms with E-state index in [2.05, 4.69) is 9.97 Å². The Labute approximate surface area is 115 Å². The van der Waals surface area contributed by atoms with Crippen LogP contribution < -0.4 is 0 Å². The van der Waals surface area contributed by atoms with Gasteiger partial charge in [-0.05, 0) is 32.0 Å². The van der Waals surface area contributed by atoms with Crippen LogP contribution in [0.1, 0.15) is 30.1 Å². The zero-order valence-electron chi connectivity index (χ0n) is 10.8. The molecule has 0 aliphatic heterocycles. The van der Waals surface area contributed by atoms with E-state index in [9.17, 15) is 9.50 Å². The molecular formula is C14H15FN2OS. The Bertz CT molecular complexity index is 575. The summed E-state index contributed by atoms with van der Waals surface area (Å²) in [6.45, 7) is 3.53. The van der Waals surface area contributed by atoms with Crippen LogP contribution in [0.5, 0.6) is 0 Å². The summed E-state index contributed by atoms with van der Waals surface area (Å²) in [6.07, 6.45) is 1.08. The molecule has 0 aliphatic rings. The zero-order chi connectivity index (χ0) is 13.8. The predicted octanol–water partition coefficient (Wildman–Crippen LogP) is 3.27. The van der Waals surface area contributed by atoms with Crippen molar-refractivity contribution in [3.05, 3.63) is 53.4 Å². The van der Waals surface area contributed by atoms with Crippen molar-refractivity contribution in [3.63, 3.8) is 0 Å². The van der Waals surface area contributed by atoms with E-state index in [1.165, 1.54) is 23.9 Å². The van der Waals surface area contributed by atoms with Crippen molar-refractivity contribution in [1.82, 2.24) is 9.97 Å². The third-order valence-corrected chi connectivity index (χ3v) is 3.67. The molecule has 0 amide bonds. The summed E-state index contributed by atoms with van der Waals surface area (Å²) in [5, 5.41) is 9.51. The maximum Gasteiger partial charge on any atom is 0.138 e. The van der Waals surface area contributed by atoms with Crippen LogP contribution in [0.3, 0.4) is 0 Å². The molecule has 0 saturated heterocycles. The number of aliphatic hydroxyl groups excluding tert-OH is 1. The number of nitrogens with zero attached hydrogens (tertiary/aromatic N) is 2. The van der Waals surface area contributed by atoms with E-state index in [4.69, 9.17) is 0 Å². The summed E-state index contributed by atoms with van der Waals surface area (Å²) in [5.74, 6) is 1.01. The molecule has 2 aromatic rings. The minimum atomic E-state index is -0.565. The zero-order valence-corrected chi connectivity index (χ0v) is 11.6. The van der Waals surface area contributed by atoms with Gasteiger partial charge in [-0.3, -0.25) is 0 Å². The first kappa shape index (κ1) is 14.0. The van der Waals surface area contributed by atoms with Gasteiger partial charge in [0.15, 0.2) is 0 Å². The van der Waals surface area contributed by atoms with Crippen molar-refractivity contribution >= 4 is 11.8 Å². The molecule has 1 atom stereocenters. The lowest BCUT2D eigenvalue weighted by molar-refractivity contribution is 0.197. The van der Waals surface area contributed by atoms with E-state index in [1.54, 1.807) is 19.2 Å². The van der Waals surface area contributed by atoms with Crippen LogP contribution in [0, 0.1) is 12.7 Å². The summed E-state index contributed by atoms with van der Waals surface area (Å²) in [7, 11) is 0. The predicted molar refractivity (Wildman–Crippen MR) is 73.4 cm³/mol. The molecule has 100 valence electrons. The largest absolute Gasteiger partial charge is 0.389 e. The summed E-state index contributed by atoms with van der Waals surface area (Å²) in [6, 6.07) is 6.44. The van der Waals surface area contributed by atoms with E-state index < -0.39 is 6.10 Å². The van der Waals surface area contributed by atoms with E-state index >= 15 is 0 Å². The van der Waals surface area contributed by atoms with Crippen LogP contribution in [-0.2, 0) is 5.75 Å². The highest BCUT2D eigenvalue weighted by atomic mass is 32.2. The number of halogens is 1. The van der Waals surface area contributed by atoms with E-state index in [0.29, 0.717) is 11.6 Å². The minimum Gasteiger partial charge on any atom is -0.389 e. The number of benzene rings is 1. The summed E-state index contributed by atoms with van der Waals surface area (Å²) in [5.41, 5.74) is 1.51. The number of hydrogen-bond donors (Lipinski definition) is 1. The lowest BCUT2D eigenvalue weighted by Crippen LogP contribution is -2.02. The average molecular weight is 278 g/mol. The Morgan fingerprint density at radius 1 is 1.42 bits per heavy atom. The van der Waals surface area contributed by atoms with Gasteiger partial charge in [0.05, 0.1) is 11.9 Å². The quantitative estimate of drug-likeness (QED) is 0.872. The van der Waals surface area contributed by atoms with Crippen LogP contribution in [0.2, 0.25) is 0 Å². The molecule has 3 nitrogen and oxygen atoms in total. The van der Waals surface area contributed by atoms with E-state index in [0.717, 1.165) is 16.2 Å². The molecule has 1 heterocycles. The minimum absolute atomic E-state index is 0.244. The highest BCUT2D eigenvalue weighted by molar-refractivity contribution is 7.98. The second-order valence-corrected chi connectivity index (χ2v) is 5.30. The topological polar surface area (TPSA) is 46.0 Å². The molecule has 0 spiro atoms. The van der Waals surface area contributed by atoms with Gasteiger partial charge in [0.2, 0.25) is 0 Å². The van der Waals surface area contributed by atoms with Gasteiger partial charge in [-0.1, -0.05) is 6.07 Å². The van der Waals surface area contributed by atoms with Gasteiger partial charge in [0, 0.05) is 22.3 Å². The van der Waals surface area contributed by atoms with Gasteiger partial charge in [0.1, 0.15) is 11.6 Å². The van der Waals surface area contributed by atoms with Crippen LogP contribution in [-0.4, -0.2) is 15.1 Å². The first-order valence-corrected chi connectivity index (χ1v) is 6.93. The Hall–Kier alpha value is -1.46. The Kier molecular flexibility index (Phi) is 4.50. The normalized spacial score (nSPS) is 12.4. The highest BCUT2D eigenvalue weighted by Crippen LogP contribution is 2.22.